The minimum Gasteiger partial charge on any atom is -0.361 e. The highest BCUT2D eigenvalue weighted by Crippen LogP contribution is 2.05. The molecule has 0 saturated heterocycles. The van der Waals surface area contributed by atoms with E-state index in [1.165, 1.54) is 11.1 Å². The fourth-order valence-corrected chi connectivity index (χ4v) is 1.62. The van der Waals surface area contributed by atoms with Crippen LogP contribution in [-0.2, 0) is 6.42 Å². The van der Waals surface area contributed by atoms with E-state index >= 15 is 0 Å². The molecule has 0 aliphatic carbocycles. The molecule has 0 radical (unpaired) electrons. The molecule has 0 aliphatic heterocycles. The lowest BCUT2D eigenvalue weighted by Crippen LogP contribution is -2.31. The molecule has 1 rings (SSSR count). The van der Waals surface area contributed by atoms with Gasteiger partial charge in [0.15, 0.2) is 0 Å². The molecule has 15 heavy (non-hydrogen) atoms. The molecule has 2 nitrogen and oxygen atoms in total. The number of nitrogens with one attached hydrogen (secondary N) is 1. The Balaban J connectivity index is 2.61. The van der Waals surface area contributed by atoms with Crippen LogP contribution < -0.4 is 0 Å². The topological polar surface area (TPSA) is 27.1 Å². The number of hydrogen-bond donors (Lipinski definition) is 1. The van der Waals surface area contributed by atoms with E-state index in [9.17, 15) is 0 Å². The number of benzene rings is 1. The number of amidine groups is 1. The van der Waals surface area contributed by atoms with Gasteiger partial charge in [-0.05, 0) is 26.3 Å². The second kappa shape index (κ2) is 5.54. The summed E-state index contributed by atoms with van der Waals surface area (Å²) < 4.78 is 0. The normalized spacial score (nSPS) is 10.1. The highest BCUT2D eigenvalue weighted by molar-refractivity contribution is 5.81. The summed E-state index contributed by atoms with van der Waals surface area (Å²) in [4.78, 5) is 2.08. The molecule has 0 aliphatic rings. The van der Waals surface area contributed by atoms with Crippen LogP contribution in [0.15, 0.2) is 24.3 Å². The Morgan fingerprint density at radius 2 is 1.67 bits per heavy atom. The fraction of sp³-hybridized carbons (Fsp3) is 0.462. The summed E-state index contributed by atoms with van der Waals surface area (Å²) >= 11 is 0. The van der Waals surface area contributed by atoms with Crippen molar-refractivity contribution in [1.29, 1.82) is 5.41 Å². The van der Waals surface area contributed by atoms with Crippen LogP contribution in [0.5, 0.6) is 0 Å². The van der Waals surface area contributed by atoms with Gasteiger partial charge in [0.25, 0.3) is 0 Å². The van der Waals surface area contributed by atoms with Crippen molar-refractivity contribution in [2.45, 2.75) is 27.2 Å². The molecule has 0 bridgehead atoms. The smallest absolute Gasteiger partial charge is 0.100 e. The van der Waals surface area contributed by atoms with E-state index in [0.29, 0.717) is 5.84 Å². The number of rotatable bonds is 4. The van der Waals surface area contributed by atoms with Crippen molar-refractivity contribution in [2.24, 2.45) is 0 Å². The first-order valence-electron chi connectivity index (χ1n) is 5.55. The van der Waals surface area contributed by atoms with E-state index in [1.54, 1.807) is 0 Å². The van der Waals surface area contributed by atoms with Crippen LogP contribution in [0.3, 0.4) is 0 Å². The maximum Gasteiger partial charge on any atom is 0.100 e. The molecule has 0 spiro atoms. The van der Waals surface area contributed by atoms with Crippen LogP contribution >= 0.6 is 0 Å². The predicted molar refractivity (Wildman–Crippen MR) is 65.5 cm³/mol. The van der Waals surface area contributed by atoms with Crippen molar-refractivity contribution in [3.63, 3.8) is 0 Å². The SMILES string of the molecule is CCN(CC)C(=N)Cc1ccc(C)cc1. The van der Waals surface area contributed by atoms with Gasteiger partial charge in [-0.25, -0.2) is 0 Å². The van der Waals surface area contributed by atoms with E-state index in [0.717, 1.165) is 19.5 Å². The summed E-state index contributed by atoms with van der Waals surface area (Å²) in [5.41, 5.74) is 2.49. The molecular formula is C13H20N2. The molecule has 1 aromatic carbocycles. The Morgan fingerprint density at radius 1 is 1.13 bits per heavy atom. The molecule has 0 fully saturated rings. The minimum atomic E-state index is 0.712. The van der Waals surface area contributed by atoms with E-state index in [2.05, 4.69) is 49.9 Å². The van der Waals surface area contributed by atoms with Crippen molar-refractivity contribution in [2.75, 3.05) is 13.1 Å². The van der Waals surface area contributed by atoms with Gasteiger partial charge in [-0.2, -0.15) is 0 Å². The minimum absolute atomic E-state index is 0.712. The van der Waals surface area contributed by atoms with Crippen LogP contribution in [0.25, 0.3) is 0 Å². The standard InChI is InChI=1S/C13H20N2/c1-4-15(5-2)13(14)10-12-8-6-11(3)7-9-12/h6-9,14H,4-5,10H2,1-3H3. The van der Waals surface area contributed by atoms with Gasteiger partial charge in [0.05, 0.1) is 0 Å². The Hall–Kier alpha value is -1.31. The van der Waals surface area contributed by atoms with Crippen LogP contribution in [-0.4, -0.2) is 23.8 Å². The maximum absolute atomic E-state index is 7.96. The van der Waals surface area contributed by atoms with Gasteiger partial charge in [-0.1, -0.05) is 29.8 Å². The summed E-state index contributed by atoms with van der Waals surface area (Å²) in [7, 11) is 0. The molecule has 0 heterocycles. The molecule has 0 unspecified atom stereocenters. The summed E-state index contributed by atoms with van der Waals surface area (Å²) in [6.07, 6.45) is 0.738. The second-order valence-corrected chi connectivity index (χ2v) is 3.78. The van der Waals surface area contributed by atoms with Gasteiger partial charge in [0.1, 0.15) is 5.84 Å². The van der Waals surface area contributed by atoms with Crippen LogP contribution in [0, 0.1) is 12.3 Å². The third kappa shape index (κ3) is 3.39. The summed E-state index contributed by atoms with van der Waals surface area (Å²) in [5.74, 6) is 0.712. The molecule has 82 valence electrons. The fourth-order valence-electron chi connectivity index (χ4n) is 1.62. The average molecular weight is 204 g/mol. The van der Waals surface area contributed by atoms with Gasteiger partial charge < -0.3 is 4.90 Å². The molecule has 1 aromatic rings. The molecule has 2 heteroatoms. The monoisotopic (exact) mass is 204 g/mol. The van der Waals surface area contributed by atoms with Crippen molar-refractivity contribution >= 4 is 5.84 Å². The molecule has 0 amide bonds. The highest BCUT2D eigenvalue weighted by atomic mass is 15.1. The van der Waals surface area contributed by atoms with Crippen molar-refractivity contribution in [1.82, 2.24) is 4.90 Å². The predicted octanol–water partition coefficient (Wildman–Crippen LogP) is 2.86. The Labute approximate surface area is 92.4 Å². The molecular weight excluding hydrogens is 184 g/mol. The average Bonchev–Trinajstić information content (AvgIpc) is 2.23. The number of aryl methyl sites for hydroxylation is 1. The molecule has 0 atom stereocenters. The lowest BCUT2D eigenvalue weighted by molar-refractivity contribution is 0.455. The second-order valence-electron chi connectivity index (χ2n) is 3.78. The molecule has 0 saturated carbocycles. The quantitative estimate of drug-likeness (QED) is 0.592. The van der Waals surface area contributed by atoms with Gasteiger partial charge in [-0.3, -0.25) is 5.41 Å². The lowest BCUT2D eigenvalue weighted by Gasteiger charge is -2.21. The highest BCUT2D eigenvalue weighted by Gasteiger charge is 2.05. The van der Waals surface area contributed by atoms with Crippen molar-refractivity contribution < 1.29 is 0 Å². The number of hydrogen-bond acceptors (Lipinski definition) is 1. The zero-order chi connectivity index (χ0) is 11.3. The third-order valence-electron chi connectivity index (χ3n) is 2.64. The van der Waals surface area contributed by atoms with E-state index < -0.39 is 0 Å². The van der Waals surface area contributed by atoms with Crippen LogP contribution in [0.1, 0.15) is 25.0 Å². The Morgan fingerprint density at radius 3 is 2.13 bits per heavy atom. The third-order valence-corrected chi connectivity index (χ3v) is 2.64. The van der Waals surface area contributed by atoms with Gasteiger partial charge in [-0.15, -0.1) is 0 Å². The van der Waals surface area contributed by atoms with E-state index in [-0.39, 0.29) is 0 Å². The summed E-state index contributed by atoms with van der Waals surface area (Å²) in [6, 6.07) is 8.41. The van der Waals surface area contributed by atoms with Gasteiger partial charge >= 0.3 is 0 Å². The van der Waals surface area contributed by atoms with Gasteiger partial charge in [0, 0.05) is 19.5 Å². The maximum atomic E-state index is 7.96. The zero-order valence-electron chi connectivity index (χ0n) is 9.88. The first-order chi connectivity index (χ1) is 7.17. The van der Waals surface area contributed by atoms with E-state index in [1.807, 2.05) is 0 Å². The summed E-state index contributed by atoms with van der Waals surface area (Å²) in [6.45, 7) is 8.10. The number of likely N-dealkylation sites (N-methyl/N-ethyl adjacent to an activating group) is 1. The molecule has 0 aromatic heterocycles. The first kappa shape index (κ1) is 11.8. The summed E-state index contributed by atoms with van der Waals surface area (Å²) in [5, 5.41) is 7.96. The van der Waals surface area contributed by atoms with Crippen LogP contribution in [0.4, 0.5) is 0 Å². The van der Waals surface area contributed by atoms with Gasteiger partial charge in [0.2, 0.25) is 0 Å². The zero-order valence-corrected chi connectivity index (χ0v) is 9.88. The number of nitrogens with zero attached hydrogens (tertiary/aromatic N) is 1. The lowest BCUT2D eigenvalue weighted by atomic mass is 10.1. The largest absolute Gasteiger partial charge is 0.361 e. The van der Waals surface area contributed by atoms with Crippen LogP contribution in [0.2, 0.25) is 0 Å². The Kier molecular flexibility index (Phi) is 4.35. The van der Waals surface area contributed by atoms with Crippen molar-refractivity contribution in [3.05, 3.63) is 35.4 Å². The van der Waals surface area contributed by atoms with Crippen molar-refractivity contribution in [3.8, 4) is 0 Å². The Bertz CT molecular complexity index is 310. The first-order valence-corrected chi connectivity index (χ1v) is 5.55. The van der Waals surface area contributed by atoms with E-state index in [4.69, 9.17) is 5.41 Å². The molecule has 1 N–H and O–H groups in total.